The molecular weight excluding hydrogens is 342 g/mol. The Morgan fingerprint density at radius 1 is 1.15 bits per heavy atom. The quantitative estimate of drug-likeness (QED) is 0.701. The lowest BCUT2D eigenvalue weighted by Gasteiger charge is -2.13. The smallest absolute Gasteiger partial charge is 0.307 e. The van der Waals surface area contributed by atoms with Crippen molar-refractivity contribution in [1.82, 2.24) is 4.57 Å². The van der Waals surface area contributed by atoms with Crippen molar-refractivity contribution >= 4 is 22.8 Å². The van der Waals surface area contributed by atoms with E-state index < -0.39 is 5.97 Å². The first-order valence-electron chi connectivity index (χ1n) is 9.04. The maximum Gasteiger partial charge on any atom is 0.307 e. The lowest BCUT2D eigenvalue weighted by Crippen LogP contribution is -2.14. The van der Waals surface area contributed by atoms with Gasteiger partial charge < -0.3 is 9.84 Å². The van der Waals surface area contributed by atoms with E-state index in [1.54, 1.807) is 41.0 Å². The Bertz CT molecular complexity index is 985. The van der Waals surface area contributed by atoms with Gasteiger partial charge in [0.2, 0.25) is 0 Å². The van der Waals surface area contributed by atoms with Crippen LogP contribution >= 0.6 is 0 Å². The molecule has 5 nitrogen and oxygen atoms in total. The summed E-state index contributed by atoms with van der Waals surface area (Å²) in [7, 11) is 0. The number of rotatable bonds is 6. The third kappa shape index (κ3) is 3.87. The Hall–Kier alpha value is -3.08. The Balaban J connectivity index is 1.96. The lowest BCUT2D eigenvalue weighted by molar-refractivity contribution is -0.136. The van der Waals surface area contributed by atoms with Crippen molar-refractivity contribution in [3.63, 3.8) is 0 Å². The Morgan fingerprint density at radius 3 is 2.48 bits per heavy atom. The van der Waals surface area contributed by atoms with Crippen LogP contribution in [0.1, 0.15) is 41.9 Å². The molecule has 1 atom stereocenters. The Labute approximate surface area is 158 Å². The molecule has 0 fully saturated rings. The number of benzene rings is 2. The fourth-order valence-electron chi connectivity index (χ4n) is 3.13. The Kier molecular flexibility index (Phi) is 5.31. The van der Waals surface area contributed by atoms with Gasteiger partial charge >= 0.3 is 5.97 Å². The second kappa shape index (κ2) is 7.66. The number of ether oxygens (including phenoxy) is 1. The van der Waals surface area contributed by atoms with Gasteiger partial charge in [-0.1, -0.05) is 19.1 Å². The van der Waals surface area contributed by atoms with Crippen LogP contribution in [0.3, 0.4) is 0 Å². The molecule has 0 aliphatic heterocycles. The van der Waals surface area contributed by atoms with E-state index in [0.717, 1.165) is 28.8 Å². The summed E-state index contributed by atoms with van der Waals surface area (Å²) in [5.41, 5.74) is 2.74. The zero-order valence-electron chi connectivity index (χ0n) is 15.7. The molecule has 0 saturated carbocycles. The molecule has 3 aromatic rings. The predicted octanol–water partition coefficient (Wildman–Crippen LogP) is 4.44. The number of fused-ring (bicyclic) bond motifs is 1. The molecule has 0 saturated heterocycles. The first kappa shape index (κ1) is 18.7. The second-order valence-corrected chi connectivity index (χ2v) is 6.71. The molecule has 0 aliphatic carbocycles. The number of hydrogen-bond acceptors (Lipinski definition) is 3. The van der Waals surface area contributed by atoms with Crippen LogP contribution in [-0.4, -0.2) is 27.7 Å². The van der Waals surface area contributed by atoms with Gasteiger partial charge in [0.1, 0.15) is 5.75 Å². The van der Waals surface area contributed by atoms with Gasteiger partial charge in [0.15, 0.2) is 0 Å². The van der Waals surface area contributed by atoms with Crippen molar-refractivity contribution in [2.45, 2.75) is 39.7 Å². The molecule has 140 valence electrons. The van der Waals surface area contributed by atoms with Crippen molar-refractivity contribution in [1.29, 1.82) is 0 Å². The summed E-state index contributed by atoms with van der Waals surface area (Å²) >= 11 is 0. The highest BCUT2D eigenvalue weighted by molar-refractivity contribution is 6.04. The van der Waals surface area contributed by atoms with Gasteiger partial charge in [-0.15, -0.1) is 0 Å². The van der Waals surface area contributed by atoms with Crippen LogP contribution in [0.4, 0.5) is 0 Å². The Morgan fingerprint density at radius 2 is 1.85 bits per heavy atom. The molecule has 2 aromatic carbocycles. The van der Waals surface area contributed by atoms with Gasteiger partial charge in [0, 0.05) is 16.6 Å². The van der Waals surface area contributed by atoms with Crippen LogP contribution in [0.2, 0.25) is 0 Å². The van der Waals surface area contributed by atoms with Gasteiger partial charge in [-0.25, -0.2) is 0 Å². The van der Waals surface area contributed by atoms with Gasteiger partial charge in [0.25, 0.3) is 5.91 Å². The molecule has 0 spiro atoms. The van der Waals surface area contributed by atoms with E-state index >= 15 is 0 Å². The fraction of sp³-hybridized carbons (Fsp3) is 0.273. The first-order valence-corrected chi connectivity index (χ1v) is 9.04. The van der Waals surface area contributed by atoms with E-state index in [1.165, 1.54) is 0 Å². The van der Waals surface area contributed by atoms with Crippen LogP contribution in [0, 0.1) is 6.92 Å². The summed E-state index contributed by atoms with van der Waals surface area (Å²) in [6, 6.07) is 14.4. The summed E-state index contributed by atoms with van der Waals surface area (Å²) in [5, 5.41) is 9.90. The van der Waals surface area contributed by atoms with Crippen LogP contribution in [-0.2, 0) is 11.2 Å². The van der Waals surface area contributed by atoms with Crippen molar-refractivity contribution in [2.24, 2.45) is 0 Å². The number of aliphatic carboxylic acids is 1. The van der Waals surface area contributed by atoms with Crippen molar-refractivity contribution in [3.05, 3.63) is 65.4 Å². The number of carbonyl (C=O) groups is 2. The highest BCUT2D eigenvalue weighted by atomic mass is 16.5. The van der Waals surface area contributed by atoms with E-state index in [2.05, 4.69) is 6.92 Å². The molecule has 0 amide bonds. The zero-order valence-corrected chi connectivity index (χ0v) is 15.7. The lowest BCUT2D eigenvalue weighted by atomic mass is 10.1. The normalized spacial score (nSPS) is 12.1. The zero-order chi connectivity index (χ0) is 19.6. The molecule has 1 N–H and O–H groups in total. The van der Waals surface area contributed by atoms with Gasteiger partial charge in [0.05, 0.1) is 18.0 Å². The van der Waals surface area contributed by atoms with E-state index in [0.29, 0.717) is 11.1 Å². The maximum atomic E-state index is 13.1. The number of hydrogen-bond donors (Lipinski definition) is 1. The number of aromatic nitrogens is 1. The summed E-state index contributed by atoms with van der Waals surface area (Å²) < 4.78 is 7.39. The van der Waals surface area contributed by atoms with E-state index in [-0.39, 0.29) is 18.4 Å². The molecule has 3 rings (SSSR count). The van der Waals surface area contributed by atoms with E-state index in [9.17, 15) is 9.59 Å². The standard InChI is InChI=1S/C22H23NO4/c1-4-15(3)27-18-10-8-16(9-11-18)22(26)23-14(2)12-19-17(13-21(24)25)6-5-7-20(19)23/h5-12,15H,4,13H2,1-3H3,(H,24,25). The number of carbonyl (C=O) groups excluding carboxylic acids is 1. The molecule has 1 heterocycles. The van der Waals surface area contributed by atoms with Gasteiger partial charge in [-0.2, -0.15) is 0 Å². The molecule has 0 radical (unpaired) electrons. The number of nitrogens with zero attached hydrogens (tertiary/aromatic N) is 1. The average Bonchev–Trinajstić information content (AvgIpc) is 2.98. The maximum absolute atomic E-state index is 13.1. The predicted molar refractivity (Wildman–Crippen MR) is 105 cm³/mol. The summed E-state index contributed by atoms with van der Waals surface area (Å²) in [6.07, 6.45) is 0.958. The minimum absolute atomic E-state index is 0.0728. The number of aryl methyl sites for hydroxylation is 1. The second-order valence-electron chi connectivity index (χ2n) is 6.71. The topological polar surface area (TPSA) is 68.5 Å². The van der Waals surface area contributed by atoms with Crippen molar-refractivity contribution in [3.8, 4) is 5.75 Å². The third-order valence-electron chi connectivity index (χ3n) is 4.68. The molecule has 1 unspecified atom stereocenters. The molecule has 27 heavy (non-hydrogen) atoms. The minimum Gasteiger partial charge on any atom is -0.491 e. The largest absolute Gasteiger partial charge is 0.491 e. The molecule has 0 aliphatic rings. The van der Waals surface area contributed by atoms with Crippen molar-refractivity contribution in [2.75, 3.05) is 0 Å². The monoisotopic (exact) mass is 365 g/mol. The van der Waals surface area contributed by atoms with Crippen LogP contribution in [0.15, 0.2) is 48.5 Å². The third-order valence-corrected chi connectivity index (χ3v) is 4.68. The summed E-state index contributed by atoms with van der Waals surface area (Å²) in [4.78, 5) is 24.2. The van der Waals surface area contributed by atoms with Gasteiger partial charge in [-0.05, 0) is 62.2 Å². The van der Waals surface area contributed by atoms with Crippen LogP contribution in [0.5, 0.6) is 5.75 Å². The number of carboxylic acid groups (broad SMARTS) is 1. The number of carboxylic acids is 1. The fourth-order valence-corrected chi connectivity index (χ4v) is 3.13. The minimum atomic E-state index is -0.892. The summed E-state index contributed by atoms with van der Waals surface area (Å²) in [5.74, 6) is -0.306. The van der Waals surface area contributed by atoms with Crippen molar-refractivity contribution < 1.29 is 19.4 Å². The molecular formula is C22H23NO4. The van der Waals surface area contributed by atoms with Crippen LogP contribution < -0.4 is 4.74 Å². The highest BCUT2D eigenvalue weighted by Gasteiger charge is 2.17. The SMILES string of the molecule is CCC(C)Oc1ccc(C(=O)n2c(C)cc3c(CC(=O)O)cccc32)cc1. The first-order chi connectivity index (χ1) is 12.9. The van der Waals surface area contributed by atoms with E-state index in [4.69, 9.17) is 9.84 Å². The average molecular weight is 365 g/mol. The van der Waals surface area contributed by atoms with Crippen LogP contribution in [0.25, 0.3) is 10.9 Å². The summed E-state index contributed by atoms with van der Waals surface area (Å²) in [6.45, 7) is 5.91. The highest BCUT2D eigenvalue weighted by Crippen LogP contribution is 2.25. The van der Waals surface area contributed by atoms with E-state index in [1.807, 2.05) is 26.0 Å². The molecule has 1 aromatic heterocycles. The molecule has 5 heteroatoms. The molecule has 0 bridgehead atoms. The van der Waals surface area contributed by atoms with Gasteiger partial charge in [-0.3, -0.25) is 14.2 Å².